The van der Waals surface area contributed by atoms with Crippen LogP contribution in [-0.4, -0.2) is 14.5 Å². The van der Waals surface area contributed by atoms with Gasteiger partial charge in [0.05, 0.1) is 4.87 Å². The fraction of sp³-hybridized carbons (Fsp3) is 0.867. The second-order valence-electron chi connectivity index (χ2n) is 6.86. The normalized spacial score (nSPS) is 48.4. The Balaban J connectivity index is 2.37. The van der Waals surface area contributed by atoms with Gasteiger partial charge in [-0.3, -0.25) is 0 Å². The smallest absolute Gasteiger partial charge is 0.0544 e. The summed E-state index contributed by atoms with van der Waals surface area (Å²) >= 11 is 14.4. The van der Waals surface area contributed by atoms with Crippen LogP contribution in [0.1, 0.15) is 52.9 Å². The molecule has 18 heavy (non-hydrogen) atoms. The van der Waals surface area contributed by atoms with E-state index in [-0.39, 0.29) is 15.7 Å². The molecule has 104 valence electrons. The molecule has 2 saturated carbocycles. The fourth-order valence-electron chi connectivity index (χ4n) is 3.80. The van der Waals surface area contributed by atoms with Gasteiger partial charge in [-0.05, 0) is 49.9 Å². The van der Waals surface area contributed by atoms with Gasteiger partial charge >= 0.3 is 0 Å². The lowest BCUT2D eigenvalue weighted by Gasteiger charge is -2.59. The van der Waals surface area contributed by atoms with Gasteiger partial charge in [-0.2, -0.15) is 0 Å². The highest BCUT2D eigenvalue weighted by Gasteiger charge is 2.57. The third-order valence-electron chi connectivity index (χ3n) is 5.61. The van der Waals surface area contributed by atoms with E-state index in [0.29, 0.717) is 9.65 Å². The largest absolute Gasteiger partial charge is 0.118 e. The third kappa shape index (κ3) is 2.15. The minimum Gasteiger partial charge on any atom is -0.118 e. The van der Waals surface area contributed by atoms with Crippen molar-refractivity contribution in [1.82, 2.24) is 0 Å². The third-order valence-corrected chi connectivity index (χ3v) is 9.27. The second-order valence-corrected chi connectivity index (χ2v) is 9.94. The molecule has 0 nitrogen and oxygen atoms in total. The molecular weight excluding hydrogens is 375 g/mol. The summed E-state index contributed by atoms with van der Waals surface area (Å²) in [7, 11) is 0. The predicted octanol–water partition coefficient (Wildman–Crippen LogP) is 6.06. The van der Waals surface area contributed by atoms with Gasteiger partial charge in [0.15, 0.2) is 0 Å². The van der Waals surface area contributed by atoms with Crippen molar-refractivity contribution in [3.05, 3.63) is 12.2 Å². The van der Waals surface area contributed by atoms with Crippen molar-refractivity contribution in [1.29, 1.82) is 0 Å². The molecule has 3 heteroatoms. The Kier molecular flexibility index (Phi) is 4.08. The Bertz CT molecular complexity index is 362. The van der Waals surface area contributed by atoms with Crippen LogP contribution in [0.5, 0.6) is 0 Å². The van der Waals surface area contributed by atoms with Crippen LogP contribution < -0.4 is 0 Å². The van der Waals surface area contributed by atoms with Crippen molar-refractivity contribution >= 4 is 43.5 Å². The SMILES string of the molecule is C=C1CC[C@@H](Br)C(C)(C)[C@@]12CC[C@@](C)(Cl)[C@@H](Br)C2. The molecule has 0 heterocycles. The molecule has 2 fully saturated rings. The summed E-state index contributed by atoms with van der Waals surface area (Å²) in [6.45, 7) is 11.4. The van der Waals surface area contributed by atoms with Crippen LogP contribution in [0.25, 0.3) is 0 Å². The number of hydrogen-bond acceptors (Lipinski definition) is 0. The monoisotopic (exact) mass is 396 g/mol. The highest BCUT2D eigenvalue weighted by Crippen LogP contribution is 2.64. The lowest BCUT2D eigenvalue weighted by molar-refractivity contribution is 0.0343. The van der Waals surface area contributed by atoms with Gasteiger partial charge in [-0.1, -0.05) is 57.9 Å². The topological polar surface area (TPSA) is 0 Å². The van der Waals surface area contributed by atoms with E-state index in [1.54, 1.807) is 0 Å². The van der Waals surface area contributed by atoms with Crippen molar-refractivity contribution in [3.63, 3.8) is 0 Å². The van der Waals surface area contributed by atoms with Crippen molar-refractivity contribution < 1.29 is 0 Å². The van der Waals surface area contributed by atoms with Crippen molar-refractivity contribution in [3.8, 4) is 0 Å². The van der Waals surface area contributed by atoms with Crippen LogP contribution >= 0.6 is 43.5 Å². The number of allylic oxidation sites excluding steroid dienone is 1. The molecule has 0 N–H and O–H groups in total. The van der Waals surface area contributed by atoms with E-state index in [9.17, 15) is 0 Å². The lowest BCUT2D eigenvalue weighted by atomic mass is 9.50. The first-order valence-corrected chi connectivity index (χ1v) is 9.00. The Labute approximate surface area is 133 Å². The van der Waals surface area contributed by atoms with Crippen LogP contribution in [0.2, 0.25) is 0 Å². The number of alkyl halides is 3. The first-order chi connectivity index (χ1) is 8.13. The summed E-state index contributed by atoms with van der Waals surface area (Å²) < 4.78 is 0. The average molecular weight is 399 g/mol. The zero-order valence-corrected chi connectivity index (χ0v) is 15.5. The van der Waals surface area contributed by atoms with Crippen molar-refractivity contribution in [2.45, 2.75) is 67.4 Å². The highest BCUT2D eigenvalue weighted by molar-refractivity contribution is 9.09. The summed E-state index contributed by atoms with van der Waals surface area (Å²) in [5, 5.41) is 0. The fourth-order valence-corrected chi connectivity index (χ4v) is 5.42. The highest BCUT2D eigenvalue weighted by atomic mass is 79.9. The van der Waals surface area contributed by atoms with Gasteiger partial charge < -0.3 is 0 Å². The zero-order chi connectivity index (χ0) is 13.8. The van der Waals surface area contributed by atoms with Gasteiger partial charge in [-0.25, -0.2) is 0 Å². The van der Waals surface area contributed by atoms with Gasteiger partial charge in [0.25, 0.3) is 0 Å². The molecule has 0 amide bonds. The maximum absolute atomic E-state index is 6.61. The standard InChI is InChI=1S/C15H23Br2Cl/c1-10-5-6-11(16)13(2,3)15(10)8-7-14(4,18)12(17)9-15/h11-12H,1,5-9H2,2-4H3/t11-,12+,14-,15-/m1/s1. The molecule has 4 atom stereocenters. The Morgan fingerprint density at radius 1 is 1.17 bits per heavy atom. The molecule has 0 radical (unpaired) electrons. The van der Waals surface area contributed by atoms with Gasteiger partial charge in [-0.15, -0.1) is 11.6 Å². The molecule has 2 aliphatic carbocycles. The Morgan fingerprint density at radius 3 is 2.33 bits per heavy atom. The molecule has 0 aromatic carbocycles. The Morgan fingerprint density at radius 2 is 1.78 bits per heavy atom. The summed E-state index contributed by atoms with van der Waals surface area (Å²) in [5.41, 5.74) is 1.93. The molecule has 0 aromatic rings. The molecule has 0 unspecified atom stereocenters. The van der Waals surface area contributed by atoms with E-state index in [0.717, 1.165) is 19.3 Å². The second kappa shape index (κ2) is 4.77. The summed E-state index contributed by atoms with van der Waals surface area (Å²) in [4.78, 5) is 0.838. The molecule has 0 bridgehead atoms. The number of halogens is 3. The van der Waals surface area contributed by atoms with E-state index in [1.807, 2.05) is 0 Å². The maximum Gasteiger partial charge on any atom is 0.0544 e. The summed E-state index contributed by atoms with van der Waals surface area (Å²) in [6, 6.07) is 0. The van der Waals surface area contributed by atoms with Gasteiger partial charge in [0.2, 0.25) is 0 Å². The van der Waals surface area contributed by atoms with Crippen molar-refractivity contribution in [2.75, 3.05) is 0 Å². The van der Waals surface area contributed by atoms with Crippen LogP contribution in [0.4, 0.5) is 0 Å². The average Bonchev–Trinajstić information content (AvgIpc) is 2.27. The minimum atomic E-state index is -0.110. The first kappa shape index (κ1) is 15.4. The molecule has 0 aromatic heterocycles. The number of rotatable bonds is 0. The van der Waals surface area contributed by atoms with Gasteiger partial charge in [0.1, 0.15) is 0 Å². The molecule has 0 saturated heterocycles. The van der Waals surface area contributed by atoms with E-state index in [2.05, 4.69) is 59.2 Å². The van der Waals surface area contributed by atoms with Crippen molar-refractivity contribution in [2.24, 2.45) is 10.8 Å². The minimum absolute atomic E-state index is 0.110. The quantitative estimate of drug-likeness (QED) is 0.344. The first-order valence-electron chi connectivity index (χ1n) is 6.79. The molecule has 1 spiro atoms. The summed E-state index contributed by atoms with van der Waals surface area (Å²) in [5.74, 6) is 0. The van der Waals surface area contributed by atoms with E-state index < -0.39 is 0 Å². The molecule has 2 aliphatic rings. The van der Waals surface area contributed by atoms with Crippen LogP contribution in [0.3, 0.4) is 0 Å². The summed E-state index contributed by atoms with van der Waals surface area (Å²) in [6.07, 6.45) is 5.70. The van der Waals surface area contributed by atoms with Crippen LogP contribution in [-0.2, 0) is 0 Å². The number of hydrogen-bond donors (Lipinski definition) is 0. The Hall–Kier alpha value is 0.990. The molecule has 0 aliphatic heterocycles. The maximum atomic E-state index is 6.61. The van der Waals surface area contributed by atoms with Crippen LogP contribution in [0.15, 0.2) is 12.2 Å². The lowest BCUT2D eigenvalue weighted by Crippen LogP contribution is -2.54. The van der Waals surface area contributed by atoms with E-state index in [1.165, 1.54) is 18.4 Å². The predicted molar refractivity (Wildman–Crippen MR) is 88.1 cm³/mol. The van der Waals surface area contributed by atoms with Gasteiger partial charge in [0, 0.05) is 9.65 Å². The molecule has 2 rings (SSSR count). The van der Waals surface area contributed by atoms with E-state index in [4.69, 9.17) is 11.6 Å². The zero-order valence-electron chi connectivity index (χ0n) is 11.5. The molecular formula is C15H23Br2Cl. The van der Waals surface area contributed by atoms with E-state index >= 15 is 0 Å². The van der Waals surface area contributed by atoms with Crippen LogP contribution in [0, 0.1) is 10.8 Å².